The van der Waals surface area contributed by atoms with Crippen LogP contribution in [0.1, 0.15) is 40.0 Å². The van der Waals surface area contributed by atoms with E-state index in [0.29, 0.717) is 12.2 Å². The summed E-state index contributed by atoms with van der Waals surface area (Å²) in [6.45, 7) is 5.64. The third-order valence-corrected chi connectivity index (χ3v) is 7.13. The molecule has 1 fully saturated rings. The lowest BCUT2D eigenvalue weighted by Crippen LogP contribution is -2.30. The number of amides is 1. The van der Waals surface area contributed by atoms with Crippen molar-refractivity contribution < 1.29 is 9.53 Å². The number of thiazole rings is 1. The van der Waals surface area contributed by atoms with Crippen molar-refractivity contribution in [3.63, 3.8) is 0 Å². The Bertz CT molecular complexity index is 1250. The Morgan fingerprint density at radius 3 is 2.90 bits per heavy atom. The van der Waals surface area contributed by atoms with Crippen molar-refractivity contribution >= 4 is 33.0 Å². The van der Waals surface area contributed by atoms with Crippen LogP contribution in [-0.2, 0) is 7.05 Å². The van der Waals surface area contributed by atoms with Crippen molar-refractivity contribution in [1.82, 2.24) is 18.9 Å². The smallest absolute Gasteiger partial charge is 0.270 e. The molecule has 1 aliphatic rings. The van der Waals surface area contributed by atoms with E-state index in [0.717, 1.165) is 41.1 Å². The Hall–Kier alpha value is -2.80. The van der Waals surface area contributed by atoms with Crippen molar-refractivity contribution in [2.75, 3.05) is 20.2 Å². The number of nitrogens with zero attached hydrogens (tertiary/aromatic N) is 4. The molecule has 5 rings (SSSR count). The van der Waals surface area contributed by atoms with E-state index < -0.39 is 0 Å². The Morgan fingerprint density at radius 1 is 1.28 bits per heavy atom. The van der Waals surface area contributed by atoms with Gasteiger partial charge in [-0.15, -0.1) is 11.3 Å². The number of fused-ring (bicyclic) bond motifs is 2. The minimum Gasteiger partial charge on any atom is -0.497 e. The van der Waals surface area contributed by atoms with Gasteiger partial charge in [-0.2, -0.15) is 0 Å². The fraction of sp³-hybridized carbons (Fsp3) is 0.364. The first kappa shape index (κ1) is 18.2. The van der Waals surface area contributed by atoms with Crippen LogP contribution in [0.15, 0.2) is 29.6 Å². The average Bonchev–Trinajstić information content (AvgIpc) is 3.47. The van der Waals surface area contributed by atoms with Crippen molar-refractivity contribution in [1.29, 1.82) is 0 Å². The number of rotatable bonds is 3. The summed E-state index contributed by atoms with van der Waals surface area (Å²) in [6.07, 6.45) is 0.951. The fourth-order valence-corrected chi connectivity index (χ4v) is 5.61. The number of hydrogen-bond donors (Lipinski definition) is 0. The second-order valence-electron chi connectivity index (χ2n) is 7.81. The highest BCUT2D eigenvalue weighted by Gasteiger charge is 2.32. The predicted molar refractivity (Wildman–Crippen MR) is 115 cm³/mol. The van der Waals surface area contributed by atoms with Gasteiger partial charge in [0.05, 0.1) is 12.8 Å². The first-order valence-corrected chi connectivity index (χ1v) is 10.7. The van der Waals surface area contributed by atoms with E-state index in [-0.39, 0.29) is 11.8 Å². The molecule has 1 atom stereocenters. The maximum Gasteiger partial charge on any atom is 0.270 e. The largest absolute Gasteiger partial charge is 0.497 e. The topological polar surface area (TPSA) is 51.8 Å². The average molecular weight is 409 g/mol. The molecular formula is C22H24N4O2S. The van der Waals surface area contributed by atoms with E-state index in [4.69, 9.17) is 9.72 Å². The molecule has 1 amide bonds. The molecule has 0 unspecified atom stereocenters. The molecule has 0 aliphatic carbocycles. The molecular weight excluding hydrogens is 384 g/mol. The van der Waals surface area contributed by atoms with E-state index in [2.05, 4.69) is 23.6 Å². The van der Waals surface area contributed by atoms with Crippen LogP contribution in [0.25, 0.3) is 15.7 Å². The fourth-order valence-electron chi connectivity index (χ4n) is 4.51. The highest BCUT2D eigenvalue weighted by atomic mass is 32.1. The van der Waals surface area contributed by atoms with Crippen LogP contribution in [0, 0.1) is 13.8 Å². The van der Waals surface area contributed by atoms with E-state index in [1.807, 2.05) is 40.8 Å². The van der Waals surface area contributed by atoms with Gasteiger partial charge in [-0.25, -0.2) is 4.98 Å². The van der Waals surface area contributed by atoms with Crippen molar-refractivity contribution in [2.45, 2.75) is 26.2 Å². The van der Waals surface area contributed by atoms with Gasteiger partial charge < -0.3 is 14.2 Å². The number of imidazole rings is 1. The highest BCUT2D eigenvalue weighted by molar-refractivity contribution is 7.15. The number of carbonyl (C=O) groups is 1. The third-order valence-electron chi connectivity index (χ3n) is 6.05. The molecule has 0 bridgehead atoms. The van der Waals surface area contributed by atoms with E-state index in [1.54, 1.807) is 18.4 Å². The number of aryl methyl sites for hydroxylation is 3. The van der Waals surface area contributed by atoms with Gasteiger partial charge in [0.1, 0.15) is 22.1 Å². The van der Waals surface area contributed by atoms with E-state index in [9.17, 15) is 4.79 Å². The Morgan fingerprint density at radius 2 is 2.10 bits per heavy atom. The summed E-state index contributed by atoms with van der Waals surface area (Å²) >= 11 is 1.74. The molecule has 29 heavy (non-hydrogen) atoms. The van der Waals surface area contributed by atoms with Crippen molar-refractivity contribution in [3.05, 3.63) is 52.6 Å². The van der Waals surface area contributed by atoms with Crippen LogP contribution in [0.4, 0.5) is 0 Å². The van der Waals surface area contributed by atoms with Gasteiger partial charge in [0.2, 0.25) is 0 Å². The molecule has 1 aliphatic heterocycles. The summed E-state index contributed by atoms with van der Waals surface area (Å²) in [5, 5.41) is 3.20. The minimum atomic E-state index is 0.0831. The van der Waals surface area contributed by atoms with E-state index in [1.165, 1.54) is 10.5 Å². The molecule has 0 N–H and O–H groups in total. The van der Waals surface area contributed by atoms with Crippen LogP contribution >= 0.6 is 11.3 Å². The first-order valence-electron chi connectivity index (χ1n) is 9.83. The monoisotopic (exact) mass is 408 g/mol. The molecule has 0 radical (unpaired) electrons. The molecule has 6 nitrogen and oxygen atoms in total. The van der Waals surface area contributed by atoms with Gasteiger partial charge in [-0.3, -0.25) is 9.20 Å². The molecule has 3 aromatic heterocycles. The quantitative estimate of drug-likeness (QED) is 0.512. The second kappa shape index (κ2) is 6.62. The van der Waals surface area contributed by atoms with Gasteiger partial charge >= 0.3 is 0 Å². The molecule has 4 aromatic rings. The third kappa shape index (κ3) is 2.75. The number of carbonyl (C=O) groups excluding carboxylic acids is 1. The second-order valence-corrected chi connectivity index (χ2v) is 8.67. The summed E-state index contributed by atoms with van der Waals surface area (Å²) in [7, 11) is 3.61. The van der Waals surface area contributed by atoms with Crippen LogP contribution in [0.3, 0.4) is 0 Å². The molecule has 1 aromatic carbocycles. The Balaban J connectivity index is 1.43. The van der Waals surface area contributed by atoms with Gasteiger partial charge in [-0.1, -0.05) is 0 Å². The molecule has 1 saturated heterocycles. The first-order chi connectivity index (χ1) is 14.0. The van der Waals surface area contributed by atoms with Crippen LogP contribution in [-0.4, -0.2) is 45.0 Å². The van der Waals surface area contributed by atoms with Crippen molar-refractivity contribution in [2.24, 2.45) is 7.05 Å². The summed E-state index contributed by atoms with van der Waals surface area (Å²) in [4.78, 5) is 21.3. The SMILES string of the molecule is COc1ccc2c(c1)cc(C(=O)N1CC[C@@H](c3nc(C)n4c(C)csc34)C1)n2C. The normalized spacial score (nSPS) is 17.0. The Labute approximate surface area is 173 Å². The predicted octanol–water partition coefficient (Wildman–Crippen LogP) is 4.14. The summed E-state index contributed by atoms with van der Waals surface area (Å²) in [6, 6.07) is 7.87. The number of likely N-dealkylation sites (tertiary alicyclic amines) is 1. The van der Waals surface area contributed by atoms with Crippen LogP contribution < -0.4 is 4.74 Å². The number of ether oxygens (including phenoxy) is 1. The van der Waals surface area contributed by atoms with Crippen LogP contribution in [0.2, 0.25) is 0 Å². The van der Waals surface area contributed by atoms with Gasteiger partial charge in [0.25, 0.3) is 5.91 Å². The summed E-state index contributed by atoms with van der Waals surface area (Å²) < 4.78 is 9.52. The molecule has 4 heterocycles. The summed E-state index contributed by atoms with van der Waals surface area (Å²) in [5.41, 5.74) is 4.10. The molecule has 7 heteroatoms. The molecule has 0 spiro atoms. The standard InChI is InChI=1S/C22H24N4O2S/c1-13-12-29-22-20(23-14(2)26(13)22)15-7-8-25(11-15)21(27)19-10-16-9-17(28-4)5-6-18(16)24(19)3/h5-6,9-10,12,15H,7-8,11H2,1-4H3/t15-/m1/s1. The lowest BCUT2D eigenvalue weighted by atomic mass is 10.1. The Kier molecular flexibility index (Phi) is 4.17. The zero-order chi connectivity index (χ0) is 20.3. The maximum atomic E-state index is 13.3. The number of aromatic nitrogens is 3. The summed E-state index contributed by atoms with van der Waals surface area (Å²) in [5.74, 6) is 2.20. The van der Waals surface area contributed by atoms with E-state index >= 15 is 0 Å². The lowest BCUT2D eigenvalue weighted by Gasteiger charge is -2.16. The minimum absolute atomic E-state index is 0.0831. The number of methoxy groups -OCH3 is 1. The van der Waals surface area contributed by atoms with Gasteiger partial charge in [-0.05, 0) is 44.5 Å². The molecule has 150 valence electrons. The zero-order valence-corrected chi connectivity index (χ0v) is 17.9. The van der Waals surface area contributed by atoms with Crippen LogP contribution in [0.5, 0.6) is 5.75 Å². The number of hydrogen-bond acceptors (Lipinski definition) is 4. The van der Waals surface area contributed by atoms with Gasteiger partial charge in [0, 0.05) is 48.0 Å². The highest BCUT2D eigenvalue weighted by Crippen LogP contribution is 2.34. The van der Waals surface area contributed by atoms with Gasteiger partial charge in [0.15, 0.2) is 0 Å². The number of benzene rings is 1. The molecule has 0 saturated carbocycles. The maximum absolute atomic E-state index is 13.3. The zero-order valence-electron chi connectivity index (χ0n) is 17.1. The van der Waals surface area contributed by atoms with Crippen molar-refractivity contribution in [3.8, 4) is 5.75 Å². The lowest BCUT2D eigenvalue weighted by molar-refractivity contribution is 0.0782.